The van der Waals surface area contributed by atoms with Crippen molar-refractivity contribution >= 4 is 0 Å². The van der Waals surface area contributed by atoms with E-state index in [9.17, 15) is 5.11 Å². The Hall–Kier alpha value is -0.870. The summed E-state index contributed by atoms with van der Waals surface area (Å²) in [4.78, 5) is 4.20. The van der Waals surface area contributed by atoms with Gasteiger partial charge in [-0.1, -0.05) is 6.92 Å². The highest BCUT2D eigenvalue weighted by atomic mass is 16.5. The highest BCUT2D eigenvalue weighted by Gasteiger charge is 2.06. The van der Waals surface area contributed by atoms with Crippen LogP contribution in [-0.4, -0.2) is 34.0 Å². The van der Waals surface area contributed by atoms with E-state index < -0.39 is 0 Å². The van der Waals surface area contributed by atoms with Crippen molar-refractivity contribution in [2.24, 2.45) is 7.05 Å². The van der Waals surface area contributed by atoms with Crippen molar-refractivity contribution in [1.82, 2.24) is 9.55 Å². The topological polar surface area (TPSA) is 47.3 Å². The first-order valence-electron chi connectivity index (χ1n) is 5.46. The van der Waals surface area contributed by atoms with Gasteiger partial charge in [-0.2, -0.15) is 0 Å². The van der Waals surface area contributed by atoms with Crippen molar-refractivity contribution < 1.29 is 9.84 Å². The van der Waals surface area contributed by atoms with Crippen molar-refractivity contribution in [3.63, 3.8) is 0 Å². The van der Waals surface area contributed by atoms with E-state index >= 15 is 0 Å². The van der Waals surface area contributed by atoms with Crippen molar-refractivity contribution in [2.45, 2.75) is 32.3 Å². The third-order valence-electron chi connectivity index (χ3n) is 2.28. The lowest BCUT2D eigenvalue weighted by Gasteiger charge is -2.10. The van der Waals surface area contributed by atoms with Gasteiger partial charge in [0.1, 0.15) is 5.82 Å². The van der Waals surface area contributed by atoms with Gasteiger partial charge in [0.2, 0.25) is 0 Å². The fourth-order valence-electron chi connectivity index (χ4n) is 1.38. The standard InChI is InChI=1S/C11H20N2O2/c1-3-8-15-9-10(14)4-5-11-12-6-7-13(11)2/h6-7,10,14H,3-5,8-9H2,1-2H3. The predicted octanol–water partition coefficient (Wildman–Crippen LogP) is 1.14. The number of aryl methyl sites for hydroxylation is 2. The molecule has 86 valence electrons. The summed E-state index contributed by atoms with van der Waals surface area (Å²) in [6.07, 6.45) is 5.79. The fraction of sp³-hybridized carbons (Fsp3) is 0.727. The normalized spacial score (nSPS) is 13.0. The first-order chi connectivity index (χ1) is 7.24. The second kappa shape index (κ2) is 6.58. The number of aromatic nitrogens is 2. The van der Waals surface area contributed by atoms with Crippen molar-refractivity contribution in [3.05, 3.63) is 18.2 Å². The summed E-state index contributed by atoms with van der Waals surface area (Å²) in [6, 6.07) is 0. The fourth-order valence-corrected chi connectivity index (χ4v) is 1.38. The van der Waals surface area contributed by atoms with Crippen LogP contribution in [0.3, 0.4) is 0 Å². The lowest BCUT2D eigenvalue weighted by atomic mass is 10.2. The van der Waals surface area contributed by atoms with Crippen LogP contribution in [0.1, 0.15) is 25.6 Å². The Bertz CT molecular complexity index is 273. The van der Waals surface area contributed by atoms with Crippen LogP contribution in [0.2, 0.25) is 0 Å². The minimum absolute atomic E-state index is 0.381. The van der Waals surface area contributed by atoms with Crippen LogP contribution in [0, 0.1) is 0 Å². The zero-order valence-corrected chi connectivity index (χ0v) is 9.52. The first-order valence-corrected chi connectivity index (χ1v) is 5.46. The molecule has 1 heterocycles. The number of nitrogens with zero attached hydrogens (tertiary/aromatic N) is 2. The Labute approximate surface area is 90.9 Å². The predicted molar refractivity (Wildman–Crippen MR) is 58.6 cm³/mol. The molecule has 1 aromatic heterocycles. The molecule has 0 fully saturated rings. The monoisotopic (exact) mass is 212 g/mol. The molecule has 1 N–H and O–H groups in total. The molecule has 0 aromatic carbocycles. The maximum Gasteiger partial charge on any atom is 0.108 e. The summed E-state index contributed by atoms with van der Waals surface area (Å²) in [7, 11) is 1.96. The van der Waals surface area contributed by atoms with E-state index in [4.69, 9.17) is 4.74 Å². The van der Waals surface area contributed by atoms with Gasteiger partial charge in [-0.3, -0.25) is 0 Å². The molecule has 1 atom stereocenters. The summed E-state index contributed by atoms with van der Waals surface area (Å²) in [5.74, 6) is 1.00. The van der Waals surface area contributed by atoms with Gasteiger partial charge in [0.25, 0.3) is 0 Å². The number of hydrogen-bond donors (Lipinski definition) is 1. The average molecular weight is 212 g/mol. The van der Waals surface area contributed by atoms with E-state index in [1.807, 2.05) is 17.8 Å². The van der Waals surface area contributed by atoms with E-state index in [0.29, 0.717) is 13.0 Å². The van der Waals surface area contributed by atoms with E-state index in [2.05, 4.69) is 11.9 Å². The molecular weight excluding hydrogens is 192 g/mol. The van der Waals surface area contributed by atoms with Crippen LogP contribution in [0.4, 0.5) is 0 Å². The van der Waals surface area contributed by atoms with Gasteiger partial charge in [0.15, 0.2) is 0 Å². The summed E-state index contributed by atoms with van der Waals surface area (Å²) in [6.45, 7) is 3.21. The molecule has 0 saturated carbocycles. The van der Waals surface area contributed by atoms with Crippen molar-refractivity contribution in [3.8, 4) is 0 Å². The van der Waals surface area contributed by atoms with E-state index in [-0.39, 0.29) is 6.10 Å². The minimum atomic E-state index is -0.381. The summed E-state index contributed by atoms with van der Waals surface area (Å²) in [5.41, 5.74) is 0. The zero-order chi connectivity index (χ0) is 11.1. The summed E-state index contributed by atoms with van der Waals surface area (Å²) in [5, 5.41) is 9.60. The Morgan fingerprint density at radius 2 is 2.40 bits per heavy atom. The number of ether oxygens (including phenoxy) is 1. The van der Waals surface area contributed by atoms with Gasteiger partial charge in [-0.15, -0.1) is 0 Å². The quantitative estimate of drug-likeness (QED) is 0.689. The lowest BCUT2D eigenvalue weighted by molar-refractivity contribution is 0.0327. The number of aliphatic hydroxyl groups is 1. The molecule has 0 radical (unpaired) electrons. The molecule has 1 aromatic rings. The molecule has 0 aliphatic heterocycles. The van der Waals surface area contributed by atoms with Crippen LogP contribution < -0.4 is 0 Å². The Kier molecular flexibility index (Phi) is 5.36. The second-order valence-electron chi connectivity index (χ2n) is 3.72. The van der Waals surface area contributed by atoms with Crippen LogP contribution in [0.25, 0.3) is 0 Å². The SMILES string of the molecule is CCCOCC(O)CCc1nccn1C. The maximum absolute atomic E-state index is 9.60. The summed E-state index contributed by atoms with van der Waals surface area (Å²) >= 11 is 0. The van der Waals surface area contributed by atoms with Crippen LogP contribution in [-0.2, 0) is 18.2 Å². The van der Waals surface area contributed by atoms with E-state index in [0.717, 1.165) is 25.3 Å². The Balaban J connectivity index is 2.16. The molecule has 1 unspecified atom stereocenters. The third-order valence-corrected chi connectivity index (χ3v) is 2.28. The molecule has 4 heteroatoms. The highest BCUT2D eigenvalue weighted by Crippen LogP contribution is 2.02. The maximum atomic E-state index is 9.60. The van der Waals surface area contributed by atoms with Gasteiger partial charge in [0, 0.05) is 32.5 Å². The number of aliphatic hydroxyl groups excluding tert-OH is 1. The molecule has 0 saturated heterocycles. The zero-order valence-electron chi connectivity index (χ0n) is 9.52. The van der Waals surface area contributed by atoms with Crippen LogP contribution >= 0.6 is 0 Å². The molecule has 0 amide bonds. The first kappa shape index (κ1) is 12.2. The molecule has 0 spiro atoms. The minimum Gasteiger partial charge on any atom is -0.391 e. The van der Waals surface area contributed by atoms with Crippen molar-refractivity contribution in [2.75, 3.05) is 13.2 Å². The number of hydrogen-bond acceptors (Lipinski definition) is 3. The van der Waals surface area contributed by atoms with Gasteiger partial charge < -0.3 is 14.4 Å². The van der Waals surface area contributed by atoms with E-state index in [1.54, 1.807) is 6.20 Å². The molecule has 15 heavy (non-hydrogen) atoms. The molecule has 0 bridgehead atoms. The van der Waals surface area contributed by atoms with Gasteiger partial charge in [-0.25, -0.2) is 4.98 Å². The molecular formula is C11H20N2O2. The Morgan fingerprint density at radius 3 is 3.00 bits per heavy atom. The largest absolute Gasteiger partial charge is 0.391 e. The molecule has 1 rings (SSSR count). The smallest absolute Gasteiger partial charge is 0.108 e. The number of imidazole rings is 1. The van der Waals surface area contributed by atoms with E-state index in [1.165, 1.54) is 0 Å². The Morgan fingerprint density at radius 1 is 1.60 bits per heavy atom. The third kappa shape index (κ3) is 4.44. The second-order valence-corrected chi connectivity index (χ2v) is 3.72. The molecule has 4 nitrogen and oxygen atoms in total. The van der Waals surface area contributed by atoms with Crippen LogP contribution in [0.15, 0.2) is 12.4 Å². The van der Waals surface area contributed by atoms with Gasteiger partial charge in [-0.05, 0) is 12.8 Å². The van der Waals surface area contributed by atoms with Crippen molar-refractivity contribution in [1.29, 1.82) is 0 Å². The number of rotatable bonds is 7. The summed E-state index contributed by atoms with van der Waals surface area (Å²) < 4.78 is 7.24. The van der Waals surface area contributed by atoms with Crippen LogP contribution in [0.5, 0.6) is 0 Å². The molecule has 0 aliphatic rings. The lowest BCUT2D eigenvalue weighted by Crippen LogP contribution is -2.17. The molecule has 0 aliphatic carbocycles. The average Bonchev–Trinajstić information content (AvgIpc) is 2.61. The highest BCUT2D eigenvalue weighted by molar-refractivity contribution is 4.91. The van der Waals surface area contributed by atoms with Gasteiger partial charge >= 0.3 is 0 Å². The van der Waals surface area contributed by atoms with Gasteiger partial charge in [0.05, 0.1) is 12.7 Å².